The molecule has 0 bridgehead atoms. The highest BCUT2D eigenvalue weighted by atomic mass is 19.1. The maximum absolute atomic E-state index is 13.8. The van der Waals surface area contributed by atoms with E-state index in [0.717, 1.165) is 0 Å². The van der Waals surface area contributed by atoms with E-state index in [-0.39, 0.29) is 11.4 Å². The summed E-state index contributed by atoms with van der Waals surface area (Å²) in [6, 6.07) is 10.2. The minimum absolute atomic E-state index is 0.0198. The van der Waals surface area contributed by atoms with Crippen LogP contribution in [0, 0.1) is 11.6 Å². The average Bonchev–Trinajstić information content (AvgIpc) is 2.91. The molecule has 1 saturated heterocycles. The summed E-state index contributed by atoms with van der Waals surface area (Å²) >= 11 is 0. The van der Waals surface area contributed by atoms with Gasteiger partial charge in [0.1, 0.15) is 17.7 Å². The molecule has 1 aliphatic rings. The first-order valence-corrected chi connectivity index (χ1v) is 7.44. The van der Waals surface area contributed by atoms with Crippen molar-refractivity contribution in [1.82, 2.24) is 5.32 Å². The van der Waals surface area contributed by atoms with Gasteiger partial charge >= 0.3 is 6.03 Å². The molecule has 2 N–H and O–H groups in total. The highest BCUT2D eigenvalue weighted by Crippen LogP contribution is 2.24. The largest absolute Gasteiger partial charge is 0.326 e. The van der Waals surface area contributed by atoms with E-state index in [1.807, 2.05) is 0 Å². The normalized spacial score (nSPS) is 17.0. The lowest BCUT2D eigenvalue weighted by molar-refractivity contribution is -0.118. The lowest BCUT2D eigenvalue weighted by Gasteiger charge is -2.18. The van der Waals surface area contributed by atoms with Gasteiger partial charge in [0, 0.05) is 6.54 Å². The molecule has 2 aromatic carbocycles. The molecule has 1 aliphatic heterocycles. The fraction of sp³-hybridized carbons (Fsp3) is 0.176. The predicted octanol–water partition coefficient (Wildman–Crippen LogP) is 2.89. The maximum Gasteiger partial charge on any atom is 0.319 e. The number of hydrogen-bond donors (Lipinski definition) is 2. The zero-order valence-corrected chi connectivity index (χ0v) is 12.6. The maximum atomic E-state index is 13.8. The summed E-state index contributed by atoms with van der Waals surface area (Å²) in [7, 11) is 0. The summed E-state index contributed by atoms with van der Waals surface area (Å²) in [5.41, 5.74) is 0.202. The molecule has 0 aromatic heterocycles. The first kappa shape index (κ1) is 15.9. The number of rotatable bonds is 3. The van der Waals surface area contributed by atoms with Gasteiger partial charge < -0.3 is 15.5 Å². The van der Waals surface area contributed by atoms with E-state index in [2.05, 4.69) is 10.6 Å². The Morgan fingerprint density at radius 2 is 1.71 bits per heavy atom. The summed E-state index contributed by atoms with van der Waals surface area (Å²) in [5, 5.41) is 4.85. The fourth-order valence-electron chi connectivity index (χ4n) is 2.60. The summed E-state index contributed by atoms with van der Waals surface area (Å²) in [4.78, 5) is 25.6. The van der Waals surface area contributed by atoms with Gasteiger partial charge in [-0.1, -0.05) is 24.3 Å². The lowest BCUT2D eigenvalue weighted by atomic mass is 10.2. The fourth-order valence-corrected chi connectivity index (χ4v) is 2.60. The van der Waals surface area contributed by atoms with Crippen LogP contribution in [-0.2, 0) is 4.79 Å². The quantitative estimate of drug-likeness (QED) is 0.908. The third-order valence-electron chi connectivity index (χ3n) is 3.78. The highest BCUT2D eigenvalue weighted by molar-refractivity contribution is 6.02. The minimum atomic E-state index is -0.781. The molecule has 0 unspecified atom stereocenters. The van der Waals surface area contributed by atoms with Crippen molar-refractivity contribution in [2.45, 2.75) is 12.5 Å². The molecule has 0 radical (unpaired) electrons. The smallest absolute Gasteiger partial charge is 0.319 e. The second-order valence-electron chi connectivity index (χ2n) is 5.36. The molecule has 0 aliphatic carbocycles. The van der Waals surface area contributed by atoms with Crippen molar-refractivity contribution >= 4 is 23.3 Å². The van der Waals surface area contributed by atoms with Crippen LogP contribution in [0.2, 0.25) is 0 Å². The van der Waals surface area contributed by atoms with Crippen molar-refractivity contribution in [3.05, 3.63) is 60.2 Å². The van der Waals surface area contributed by atoms with Crippen molar-refractivity contribution in [2.75, 3.05) is 16.8 Å². The van der Waals surface area contributed by atoms with Crippen LogP contribution >= 0.6 is 0 Å². The van der Waals surface area contributed by atoms with E-state index in [0.29, 0.717) is 13.0 Å². The number of para-hydroxylation sites is 2. The Labute approximate surface area is 137 Å². The Morgan fingerprint density at radius 1 is 1.04 bits per heavy atom. The molecular formula is C17H15F2N3O2. The van der Waals surface area contributed by atoms with Crippen LogP contribution in [-0.4, -0.2) is 24.5 Å². The topological polar surface area (TPSA) is 61.4 Å². The molecule has 124 valence electrons. The van der Waals surface area contributed by atoms with Crippen LogP contribution in [0.25, 0.3) is 0 Å². The van der Waals surface area contributed by atoms with Crippen LogP contribution in [0.3, 0.4) is 0 Å². The van der Waals surface area contributed by atoms with E-state index >= 15 is 0 Å². The zero-order chi connectivity index (χ0) is 17.1. The number of halogens is 2. The number of nitrogens with zero attached hydrogens (tertiary/aromatic N) is 1. The third kappa shape index (κ3) is 3.19. The molecule has 1 fully saturated rings. The van der Waals surface area contributed by atoms with E-state index in [1.165, 1.54) is 41.3 Å². The summed E-state index contributed by atoms with van der Waals surface area (Å²) in [6.45, 7) is 0.296. The number of benzene rings is 2. The number of amides is 3. The molecule has 1 heterocycles. The second kappa shape index (κ2) is 6.66. The Bertz CT molecular complexity index is 782. The van der Waals surface area contributed by atoms with Crippen LogP contribution in [0.15, 0.2) is 48.5 Å². The van der Waals surface area contributed by atoms with Crippen molar-refractivity contribution in [1.29, 1.82) is 0 Å². The first-order valence-electron chi connectivity index (χ1n) is 7.44. The number of urea groups is 1. The standard InChI is InChI=1S/C17H15F2N3O2/c18-11-5-1-3-7-13(11)20-17(24)21-14-9-10-22(16(14)23)15-8-4-2-6-12(15)19/h1-8,14H,9-10H2,(H2,20,21,24)/t14-/m0/s1. The molecule has 3 amide bonds. The van der Waals surface area contributed by atoms with Gasteiger partial charge in [0.05, 0.1) is 11.4 Å². The Morgan fingerprint density at radius 3 is 2.42 bits per heavy atom. The molecular weight excluding hydrogens is 316 g/mol. The van der Waals surface area contributed by atoms with E-state index in [1.54, 1.807) is 12.1 Å². The van der Waals surface area contributed by atoms with Gasteiger partial charge in [-0.25, -0.2) is 13.6 Å². The van der Waals surface area contributed by atoms with E-state index in [9.17, 15) is 18.4 Å². The van der Waals surface area contributed by atoms with Gasteiger partial charge in [0.2, 0.25) is 5.91 Å². The van der Waals surface area contributed by atoms with Crippen LogP contribution in [0.1, 0.15) is 6.42 Å². The number of carbonyl (C=O) groups is 2. The minimum Gasteiger partial charge on any atom is -0.326 e. The second-order valence-corrected chi connectivity index (χ2v) is 5.36. The van der Waals surface area contributed by atoms with Crippen LogP contribution in [0.4, 0.5) is 25.0 Å². The van der Waals surface area contributed by atoms with E-state index < -0.39 is 29.6 Å². The van der Waals surface area contributed by atoms with Gasteiger partial charge in [-0.05, 0) is 30.7 Å². The third-order valence-corrected chi connectivity index (χ3v) is 3.78. The van der Waals surface area contributed by atoms with Crippen molar-refractivity contribution in [2.24, 2.45) is 0 Å². The van der Waals surface area contributed by atoms with Gasteiger partial charge in [0.25, 0.3) is 0 Å². The average molecular weight is 331 g/mol. The van der Waals surface area contributed by atoms with E-state index in [4.69, 9.17) is 0 Å². The first-order chi connectivity index (χ1) is 11.6. The number of anilines is 2. The highest BCUT2D eigenvalue weighted by Gasteiger charge is 2.34. The van der Waals surface area contributed by atoms with Gasteiger partial charge in [0.15, 0.2) is 0 Å². The summed E-state index contributed by atoms with van der Waals surface area (Å²) in [6.07, 6.45) is 0.345. The molecule has 0 spiro atoms. The number of nitrogens with one attached hydrogen (secondary N) is 2. The summed E-state index contributed by atoms with van der Waals surface area (Å²) in [5.74, 6) is -1.47. The molecule has 2 aromatic rings. The van der Waals surface area contributed by atoms with Gasteiger partial charge in [-0.3, -0.25) is 4.79 Å². The molecule has 3 rings (SSSR count). The Kier molecular flexibility index (Phi) is 4.41. The van der Waals surface area contributed by atoms with Crippen LogP contribution in [0.5, 0.6) is 0 Å². The van der Waals surface area contributed by atoms with Gasteiger partial charge in [-0.2, -0.15) is 0 Å². The molecule has 5 nitrogen and oxygen atoms in total. The SMILES string of the molecule is O=C(Nc1ccccc1F)N[C@H]1CCN(c2ccccc2F)C1=O. The summed E-state index contributed by atoms with van der Waals surface area (Å²) < 4.78 is 27.3. The lowest BCUT2D eigenvalue weighted by Crippen LogP contribution is -2.43. The molecule has 24 heavy (non-hydrogen) atoms. The molecule has 7 heteroatoms. The predicted molar refractivity (Wildman–Crippen MR) is 85.7 cm³/mol. The Balaban J connectivity index is 1.65. The van der Waals surface area contributed by atoms with Gasteiger partial charge in [-0.15, -0.1) is 0 Å². The number of hydrogen-bond acceptors (Lipinski definition) is 2. The van der Waals surface area contributed by atoms with Crippen molar-refractivity contribution < 1.29 is 18.4 Å². The van der Waals surface area contributed by atoms with Crippen molar-refractivity contribution in [3.8, 4) is 0 Å². The molecule has 1 atom stereocenters. The van der Waals surface area contributed by atoms with Crippen molar-refractivity contribution in [3.63, 3.8) is 0 Å². The van der Waals surface area contributed by atoms with Crippen LogP contribution < -0.4 is 15.5 Å². The Hall–Kier alpha value is -2.96. The number of carbonyl (C=O) groups excluding carboxylic acids is 2. The molecule has 0 saturated carbocycles. The zero-order valence-electron chi connectivity index (χ0n) is 12.6. The monoisotopic (exact) mass is 331 g/mol.